The highest BCUT2D eigenvalue weighted by Crippen LogP contribution is 2.14. The van der Waals surface area contributed by atoms with Crippen molar-refractivity contribution >= 4 is 5.97 Å². The van der Waals surface area contributed by atoms with E-state index in [0.29, 0.717) is 5.57 Å². The highest BCUT2D eigenvalue weighted by atomic mass is 16.4. The van der Waals surface area contributed by atoms with Crippen molar-refractivity contribution in [3.05, 3.63) is 11.6 Å². The Balaban J connectivity index is 3.09. The van der Waals surface area contributed by atoms with Crippen LogP contribution in [0.4, 0.5) is 0 Å². The Kier molecular flexibility index (Phi) is 19.9. The SMILES string of the molecule is CCCCCCCCCCCCCCCCCCCC/C=C(\C)C(=O)O. The molecule has 0 saturated heterocycles. The lowest BCUT2D eigenvalue weighted by atomic mass is 10.0. The standard InChI is InChI=1S/C24H46O2/c1-3-4-5-6-7-8-9-10-11-12-13-14-15-16-17-18-19-20-21-22-23(2)24(25)26/h22H,3-21H2,1-2H3,(H,25,26)/b23-22+. The minimum Gasteiger partial charge on any atom is -0.478 e. The van der Waals surface area contributed by atoms with Gasteiger partial charge in [-0.3, -0.25) is 0 Å². The fourth-order valence-corrected chi connectivity index (χ4v) is 3.45. The fraction of sp³-hybridized carbons (Fsp3) is 0.875. The van der Waals surface area contributed by atoms with Crippen molar-refractivity contribution in [1.29, 1.82) is 0 Å². The lowest BCUT2D eigenvalue weighted by Crippen LogP contribution is -1.95. The number of carboxylic acids is 1. The average Bonchev–Trinajstić information content (AvgIpc) is 2.63. The van der Waals surface area contributed by atoms with Crippen LogP contribution in [0.3, 0.4) is 0 Å². The molecule has 0 aromatic rings. The maximum Gasteiger partial charge on any atom is 0.330 e. The normalized spacial score (nSPS) is 11.8. The zero-order valence-corrected chi connectivity index (χ0v) is 17.9. The fourth-order valence-electron chi connectivity index (χ4n) is 3.45. The molecule has 0 aromatic heterocycles. The smallest absolute Gasteiger partial charge is 0.330 e. The Labute approximate surface area is 163 Å². The molecule has 0 atom stereocenters. The van der Waals surface area contributed by atoms with Gasteiger partial charge in [-0.2, -0.15) is 0 Å². The molecule has 154 valence electrons. The Hall–Kier alpha value is -0.790. The van der Waals surface area contributed by atoms with Crippen LogP contribution in [0, 0.1) is 0 Å². The van der Waals surface area contributed by atoms with E-state index in [1.165, 1.54) is 109 Å². The number of allylic oxidation sites excluding steroid dienone is 1. The van der Waals surface area contributed by atoms with Crippen molar-refractivity contribution in [2.75, 3.05) is 0 Å². The number of aliphatic carboxylic acids is 1. The first-order chi connectivity index (χ1) is 12.7. The minimum atomic E-state index is -0.785. The molecule has 1 N–H and O–H groups in total. The number of hydrogen-bond acceptors (Lipinski definition) is 1. The van der Waals surface area contributed by atoms with Gasteiger partial charge in [0.1, 0.15) is 0 Å². The van der Waals surface area contributed by atoms with Gasteiger partial charge in [0.25, 0.3) is 0 Å². The van der Waals surface area contributed by atoms with E-state index in [0.717, 1.165) is 12.8 Å². The number of unbranched alkanes of at least 4 members (excludes halogenated alkanes) is 18. The largest absolute Gasteiger partial charge is 0.478 e. The summed E-state index contributed by atoms with van der Waals surface area (Å²) in [5.41, 5.74) is 0.483. The summed E-state index contributed by atoms with van der Waals surface area (Å²) in [5.74, 6) is -0.785. The first kappa shape index (κ1) is 25.2. The van der Waals surface area contributed by atoms with Crippen molar-refractivity contribution < 1.29 is 9.90 Å². The Morgan fingerprint density at radius 2 is 0.923 bits per heavy atom. The van der Waals surface area contributed by atoms with Crippen molar-refractivity contribution in [3.63, 3.8) is 0 Å². The minimum absolute atomic E-state index is 0.483. The molecule has 0 amide bonds. The maximum absolute atomic E-state index is 10.7. The van der Waals surface area contributed by atoms with Gasteiger partial charge in [0.2, 0.25) is 0 Å². The molecule has 0 saturated carbocycles. The second kappa shape index (κ2) is 20.5. The number of carboxylic acid groups (broad SMARTS) is 1. The van der Waals surface area contributed by atoms with E-state index < -0.39 is 5.97 Å². The van der Waals surface area contributed by atoms with Crippen LogP contribution >= 0.6 is 0 Å². The summed E-state index contributed by atoms with van der Waals surface area (Å²) in [4.78, 5) is 10.7. The second-order valence-electron chi connectivity index (χ2n) is 7.99. The van der Waals surface area contributed by atoms with Crippen LogP contribution in [-0.2, 0) is 4.79 Å². The molecular weight excluding hydrogens is 320 g/mol. The predicted molar refractivity (Wildman–Crippen MR) is 115 cm³/mol. The van der Waals surface area contributed by atoms with Gasteiger partial charge < -0.3 is 5.11 Å². The predicted octanol–water partition coefficient (Wildman–Crippen LogP) is 8.45. The Bertz CT molecular complexity index is 333. The molecule has 0 spiro atoms. The van der Waals surface area contributed by atoms with Gasteiger partial charge in [-0.25, -0.2) is 4.79 Å². The summed E-state index contributed by atoms with van der Waals surface area (Å²) < 4.78 is 0. The lowest BCUT2D eigenvalue weighted by Gasteiger charge is -2.03. The van der Waals surface area contributed by atoms with E-state index in [1.54, 1.807) is 6.92 Å². The molecule has 0 aliphatic carbocycles. The Morgan fingerprint density at radius 1 is 0.615 bits per heavy atom. The van der Waals surface area contributed by atoms with E-state index in [9.17, 15) is 4.79 Å². The van der Waals surface area contributed by atoms with Crippen LogP contribution in [0.1, 0.15) is 136 Å². The van der Waals surface area contributed by atoms with E-state index in [-0.39, 0.29) is 0 Å². The van der Waals surface area contributed by atoms with Crippen molar-refractivity contribution in [2.45, 2.75) is 136 Å². The molecule has 26 heavy (non-hydrogen) atoms. The molecule has 2 nitrogen and oxygen atoms in total. The number of carbonyl (C=O) groups is 1. The third kappa shape index (κ3) is 19.5. The first-order valence-electron chi connectivity index (χ1n) is 11.6. The highest BCUT2D eigenvalue weighted by molar-refractivity contribution is 5.85. The summed E-state index contributed by atoms with van der Waals surface area (Å²) >= 11 is 0. The molecule has 0 aromatic carbocycles. The second-order valence-corrected chi connectivity index (χ2v) is 7.99. The Morgan fingerprint density at radius 3 is 1.23 bits per heavy atom. The first-order valence-corrected chi connectivity index (χ1v) is 11.6. The summed E-state index contributed by atoms with van der Waals surface area (Å²) in [6.07, 6.45) is 27.8. The quantitative estimate of drug-likeness (QED) is 0.173. The molecule has 0 radical (unpaired) electrons. The molecule has 0 unspecified atom stereocenters. The third-order valence-electron chi connectivity index (χ3n) is 5.35. The van der Waals surface area contributed by atoms with Gasteiger partial charge in [0.15, 0.2) is 0 Å². The lowest BCUT2D eigenvalue weighted by molar-refractivity contribution is -0.132. The summed E-state index contributed by atoms with van der Waals surface area (Å²) in [6, 6.07) is 0. The third-order valence-corrected chi connectivity index (χ3v) is 5.35. The van der Waals surface area contributed by atoms with Gasteiger partial charge in [0, 0.05) is 5.57 Å². The van der Waals surface area contributed by atoms with Crippen LogP contribution in [0.5, 0.6) is 0 Å². The average molecular weight is 367 g/mol. The summed E-state index contributed by atoms with van der Waals surface area (Å²) in [5, 5.41) is 8.77. The molecule has 0 bridgehead atoms. The van der Waals surface area contributed by atoms with Gasteiger partial charge >= 0.3 is 5.97 Å². The van der Waals surface area contributed by atoms with E-state index >= 15 is 0 Å². The summed E-state index contributed by atoms with van der Waals surface area (Å²) in [7, 11) is 0. The van der Waals surface area contributed by atoms with Crippen molar-refractivity contribution in [3.8, 4) is 0 Å². The number of rotatable bonds is 20. The van der Waals surface area contributed by atoms with Gasteiger partial charge in [-0.15, -0.1) is 0 Å². The van der Waals surface area contributed by atoms with E-state index in [4.69, 9.17) is 5.11 Å². The van der Waals surface area contributed by atoms with Crippen LogP contribution in [-0.4, -0.2) is 11.1 Å². The zero-order valence-electron chi connectivity index (χ0n) is 17.9. The molecule has 0 aliphatic rings. The monoisotopic (exact) mass is 366 g/mol. The molecular formula is C24H46O2. The van der Waals surface area contributed by atoms with Crippen LogP contribution in [0.15, 0.2) is 11.6 Å². The van der Waals surface area contributed by atoms with E-state index in [2.05, 4.69) is 6.92 Å². The van der Waals surface area contributed by atoms with Gasteiger partial charge in [-0.1, -0.05) is 122 Å². The van der Waals surface area contributed by atoms with Crippen LogP contribution in [0.2, 0.25) is 0 Å². The molecule has 0 rings (SSSR count). The molecule has 0 aliphatic heterocycles. The molecule has 0 heterocycles. The topological polar surface area (TPSA) is 37.3 Å². The van der Waals surface area contributed by atoms with E-state index in [1.807, 2.05) is 6.08 Å². The molecule has 0 fully saturated rings. The van der Waals surface area contributed by atoms with Gasteiger partial charge in [-0.05, 0) is 19.8 Å². The van der Waals surface area contributed by atoms with Crippen LogP contribution < -0.4 is 0 Å². The highest BCUT2D eigenvalue weighted by Gasteiger charge is 1.98. The zero-order chi connectivity index (χ0) is 19.3. The van der Waals surface area contributed by atoms with Crippen molar-refractivity contribution in [2.24, 2.45) is 0 Å². The number of hydrogen-bond donors (Lipinski definition) is 1. The maximum atomic E-state index is 10.7. The molecule has 2 heteroatoms. The van der Waals surface area contributed by atoms with Crippen molar-refractivity contribution in [1.82, 2.24) is 0 Å². The summed E-state index contributed by atoms with van der Waals surface area (Å²) in [6.45, 7) is 3.96. The van der Waals surface area contributed by atoms with Gasteiger partial charge in [0.05, 0.1) is 0 Å². The van der Waals surface area contributed by atoms with Crippen LogP contribution in [0.25, 0.3) is 0 Å².